The molecule has 0 rings (SSSR count). The first-order valence-electron chi connectivity index (χ1n) is 4.22. The molecule has 0 unspecified atom stereocenters. The third-order valence-electron chi connectivity index (χ3n) is 1.39. The molecule has 0 N–H and O–H groups in total. The Kier molecular flexibility index (Phi) is 8.33. The summed E-state index contributed by atoms with van der Waals surface area (Å²) in [6.07, 6.45) is 1.09. The third-order valence-corrected chi connectivity index (χ3v) is 1.77. The summed E-state index contributed by atoms with van der Waals surface area (Å²) in [5, 5.41) is 0. The van der Waals surface area contributed by atoms with Crippen LogP contribution in [0.15, 0.2) is 0 Å². The highest BCUT2D eigenvalue weighted by atomic mass is 127. The topological polar surface area (TPSA) is 46.6 Å². The Labute approximate surface area is 97.1 Å². The molecule has 0 fully saturated rings. The Morgan fingerprint density at radius 2 is 2.36 bits per heavy atom. The molecule has 14 heavy (non-hydrogen) atoms. The van der Waals surface area contributed by atoms with Crippen molar-refractivity contribution in [1.29, 1.82) is 0 Å². The molecule has 0 aromatic rings. The Hall–Kier alpha value is -0.770. The predicted molar refractivity (Wildman–Crippen MR) is 60.8 cm³/mol. The second-order valence-electron chi connectivity index (χ2n) is 2.41. The van der Waals surface area contributed by atoms with Crippen LogP contribution in [0, 0.1) is 12.0 Å². The van der Waals surface area contributed by atoms with E-state index in [1.165, 1.54) is 4.90 Å². The number of rotatable bonds is 4. The highest BCUT2D eigenvalue weighted by molar-refractivity contribution is 14.1. The maximum Gasteiger partial charge on any atom is 0.429 e. The van der Waals surface area contributed by atoms with Crippen LogP contribution in [0.1, 0.15) is 19.8 Å². The van der Waals surface area contributed by atoms with Gasteiger partial charge in [0, 0.05) is 12.6 Å². The maximum absolute atomic E-state index is 11.1. The fraction of sp³-hybridized carbons (Fsp3) is 0.556. The van der Waals surface area contributed by atoms with E-state index in [1.54, 1.807) is 0 Å². The maximum atomic E-state index is 11.1. The van der Waals surface area contributed by atoms with Crippen molar-refractivity contribution in [2.24, 2.45) is 0 Å². The summed E-state index contributed by atoms with van der Waals surface area (Å²) in [6, 6.07) is 2.63. The van der Waals surface area contributed by atoms with E-state index >= 15 is 0 Å². The lowest BCUT2D eigenvalue weighted by Crippen LogP contribution is -2.27. The number of ether oxygens (including phenoxy) is 1. The highest BCUT2D eigenvalue weighted by Gasteiger charge is 2.11. The van der Waals surface area contributed by atoms with Crippen molar-refractivity contribution in [3.63, 3.8) is 0 Å². The van der Waals surface area contributed by atoms with Crippen LogP contribution in [0.2, 0.25) is 0 Å². The van der Waals surface area contributed by atoms with Gasteiger partial charge in [-0.25, -0.2) is 9.69 Å². The molecule has 0 aliphatic heterocycles. The Bertz CT molecular complexity index is 244. The first kappa shape index (κ1) is 13.2. The lowest BCUT2D eigenvalue weighted by molar-refractivity contribution is -0.123. The minimum absolute atomic E-state index is 0.118. The minimum Gasteiger partial charge on any atom is -0.378 e. The Morgan fingerprint density at radius 3 is 2.86 bits per heavy atom. The lowest BCUT2D eigenvalue weighted by Gasteiger charge is -2.11. The molecule has 0 saturated carbocycles. The fourth-order valence-corrected chi connectivity index (χ4v) is 0.910. The van der Waals surface area contributed by atoms with Crippen LogP contribution in [0.25, 0.3) is 0 Å². The molecule has 0 saturated heterocycles. The van der Waals surface area contributed by atoms with E-state index in [0.717, 1.165) is 12.8 Å². The number of carbonyl (C=O) groups is 2. The average Bonchev–Trinajstić information content (AvgIpc) is 2.18. The van der Waals surface area contributed by atoms with Crippen LogP contribution in [0.3, 0.4) is 0 Å². The number of alkyl halides is 1. The van der Waals surface area contributed by atoms with Gasteiger partial charge in [-0.05, 0) is 6.42 Å². The van der Waals surface area contributed by atoms with Gasteiger partial charge < -0.3 is 4.74 Å². The van der Waals surface area contributed by atoms with Gasteiger partial charge in [-0.1, -0.05) is 41.9 Å². The summed E-state index contributed by atoms with van der Waals surface area (Å²) in [6.45, 7) is 2.62. The van der Waals surface area contributed by atoms with Crippen molar-refractivity contribution in [1.82, 2.24) is 4.90 Å². The molecular formula is C9H12INO3. The summed E-state index contributed by atoms with van der Waals surface area (Å²) in [5.41, 5.74) is 0. The minimum atomic E-state index is -0.703. The molecule has 0 spiro atoms. The van der Waals surface area contributed by atoms with E-state index in [0.29, 0.717) is 11.0 Å². The van der Waals surface area contributed by atoms with Crippen LogP contribution in [-0.2, 0) is 9.53 Å². The van der Waals surface area contributed by atoms with E-state index in [4.69, 9.17) is 0 Å². The molecule has 0 radical (unpaired) electrons. The van der Waals surface area contributed by atoms with Crippen LogP contribution >= 0.6 is 22.6 Å². The van der Waals surface area contributed by atoms with Gasteiger partial charge in [0.15, 0.2) is 0 Å². The van der Waals surface area contributed by atoms with Crippen molar-refractivity contribution in [2.45, 2.75) is 19.8 Å². The van der Waals surface area contributed by atoms with Crippen LogP contribution in [0.4, 0.5) is 4.79 Å². The Morgan fingerprint density at radius 1 is 1.64 bits per heavy atom. The predicted octanol–water partition coefficient (Wildman–Crippen LogP) is 1.78. The smallest absolute Gasteiger partial charge is 0.378 e. The summed E-state index contributed by atoms with van der Waals surface area (Å²) in [4.78, 5) is 22.3. The number of halogens is 1. The Balaban J connectivity index is 4.22. The van der Waals surface area contributed by atoms with Gasteiger partial charge in [0.2, 0.25) is 0 Å². The van der Waals surface area contributed by atoms with Crippen molar-refractivity contribution < 1.29 is 14.3 Å². The van der Waals surface area contributed by atoms with Gasteiger partial charge in [-0.2, -0.15) is 0 Å². The van der Waals surface area contributed by atoms with E-state index in [-0.39, 0.29) is 6.47 Å². The molecule has 5 heteroatoms. The number of nitrogens with zero attached hydrogens (tertiary/aromatic N) is 1. The zero-order valence-corrected chi connectivity index (χ0v) is 10.1. The molecular weight excluding hydrogens is 297 g/mol. The molecule has 78 valence electrons. The largest absolute Gasteiger partial charge is 0.429 e. The molecule has 1 amide bonds. The van der Waals surface area contributed by atoms with E-state index in [2.05, 4.69) is 39.3 Å². The molecule has 0 heterocycles. The first-order chi connectivity index (χ1) is 6.76. The number of amides is 1. The zero-order chi connectivity index (χ0) is 10.8. The molecule has 0 aromatic carbocycles. The third kappa shape index (κ3) is 5.80. The second kappa shape index (κ2) is 8.81. The van der Waals surface area contributed by atoms with Crippen LogP contribution in [0.5, 0.6) is 0 Å². The van der Waals surface area contributed by atoms with Gasteiger partial charge >= 0.3 is 12.6 Å². The van der Waals surface area contributed by atoms with Crippen molar-refractivity contribution in [3.05, 3.63) is 0 Å². The zero-order valence-electron chi connectivity index (χ0n) is 7.96. The first-order valence-corrected chi connectivity index (χ1v) is 5.75. The van der Waals surface area contributed by atoms with E-state index in [9.17, 15) is 9.59 Å². The van der Waals surface area contributed by atoms with Crippen LogP contribution < -0.4 is 0 Å². The number of hydrogen-bond acceptors (Lipinski definition) is 3. The molecule has 0 aliphatic rings. The quantitative estimate of drug-likeness (QED) is 0.199. The van der Waals surface area contributed by atoms with Gasteiger partial charge in [0.1, 0.15) is 0 Å². The van der Waals surface area contributed by atoms with Gasteiger partial charge in [0.05, 0.1) is 4.43 Å². The lowest BCUT2D eigenvalue weighted by atomic mass is 10.3. The number of carbonyl (C=O) groups excluding carboxylic acids is 2. The van der Waals surface area contributed by atoms with Gasteiger partial charge in [0.25, 0.3) is 0 Å². The second-order valence-corrected chi connectivity index (χ2v) is 3.17. The van der Waals surface area contributed by atoms with Gasteiger partial charge in [-0.3, -0.25) is 4.79 Å². The number of unbranched alkanes of at least 4 members (excludes halogenated alkanes) is 1. The van der Waals surface area contributed by atoms with Crippen molar-refractivity contribution >= 4 is 35.2 Å². The summed E-state index contributed by atoms with van der Waals surface area (Å²) in [7, 11) is 0. The monoisotopic (exact) mass is 309 g/mol. The molecule has 0 aliphatic carbocycles. The SMILES string of the molecule is CCCCN(C#CCI)C(=O)OC=O. The van der Waals surface area contributed by atoms with E-state index in [1.807, 2.05) is 6.92 Å². The fourth-order valence-electron chi connectivity index (χ4n) is 0.739. The molecule has 4 nitrogen and oxygen atoms in total. The molecule has 0 bridgehead atoms. The van der Waals surface area contributed by atoms with Crippen molar-refractivity contribution in [2.75, 3.05) is 11.0 Å². The van der Waals surface area contributed by atoms with Crippen molar-refractivity contribution in [3.8, 4) is 12.0 Å². The van der Waals surface area contributed by atoms with E-state index < -0.39 is 6.09 Å². The summed E-state index contributed by atoms with van der Waals surface area (Å²) in [5.74, 6) is 2.74. The highest BCUT2D eigenvalue weighted by Crippen LogP contribution is 1.96. The normalized spacial score (nSPS) is 8.43. The summed E-state index contributed by atoms with van der Waals surface area (Å²) >= 11 is 2.08. The standard InChI is InChI=1S/C9H12INO3/c1-2-3-6-11(7-4-5-10)9(13)14-8-12/h8H,2-3,5-6H2,1H3. The van der Waals surface area contributed by atoms with Gasteiger partial charge in [-0.15, -0.1) is 0 Å². The van der Waals surface area contributed by atoms with Crippen LogP contribution in [-0.4, -0.2) is 28.4 Å². The number of hydrogen-bond donors (Lipinski definition) is 0. The molecule has 0 atom stereocenters. The average molecular weight is 309 g/mol. The molecule has 0 aromatic heterocycles. The summed E-state index contributed by atoms with van der Waals surface area (Å²) < 4.78 is 4.83.